The van der Waals surface area contributed by atoms with Crippen molar-refractivity contribution >= 4 is 27.7 Å². The van der Waals surface area contributed by atoms with Gasteiger partial charge in [0, 0.05) is 27.1 Å². The highest BCUT2D eigenvalue weighted by Gasteiger charge is 2.27. The van der Waals surface area contributed by atoms with Crippen molar-refractivity contribution in [3.8, 4) is 0 Å². The quantitative estimate of drug-likeness (QED) is 0.787. The number of halogens is 2. The van der Waals surface area contributed by atoms with Crippen LogP contribution in [0.1, 0.15) is 24.1 Å². The summed E-state index contributed by atoms with van der Waals surface area (Å²) in [5, 5.41) is 0.348. The molecule has 0 saturated heterocycles. The molecule has 2 rings (SSSR count). The minimum atomic E-state index is -0.141. The Morgan fingerprint density at radius 3 is 3.00 bits per heavy atom. The van der Waals surface area contributed by atoms with Crippen LogP contribution in [-0.4, -0.2) is 5.25 Å². The molecule has 0 aliphatic carbocycles. The topological polar surface area (TPSA) is 26.0 Å². The second-order valence-electron chi connectivity index (χ2n) is 3.46. The molecule has 2 N–H and O–H groups in total. The van der Waals surface area contributed by atoms with E-state index in [9.17, 15) is 4.39 Å². The van der Waals surface area contributed by atoms with E-state index in [1.807, 2.05) is 0 Å². The van der Waals surface area contributed by atoms with E-state index in [0.29, 0.717) is 5.25 Å². The highest BCUT2D eigenvalue weighted by molar-refractivity contribution is 9.10. The predicted octanol–water partition coefficient (Wildman–Crippen LogP) is 3.22. The molecule has 0 bridgehead atoms. The van der Waals surface area contributed by atoms with Gasteiger partial charge >= 0.3 is 0 Å². The van der Waals surface area contributed by atoms with Gasteiger partial charge in [-0.05, 0) is 17.7 Å². The summed E-state index contributed by atoms with van der Waals surface area (Å²) in [5.41, 5.74) is 7.74. The Bertz CT molecular complexity index is 369. The zero-order valence-electron chi connectivity index (χ0n) is 7.76. The summed E-state index contributed by atoms with van der Waals surface area (Å²) in [5.74, 6) is 0.577. The van der Waals surface area contributed by atoms with Gasteiger partial charge in [0.15, 0.2) is 0 Å². The Morgan fingerprint density at radius 2 is 2.29 bits per heavy atom. The number of thioether (sulfide) groups is 1. The van der Waals surface area contributed by atoms with Gasteiger partial charge in [-0.3, -0.25) is 0 Å². The van der Waals surface area contributed by atoms with Crippen molar-refractivity contribution in [2.24, 2.45) is 5.73 Å². The van der Waals surface area contributed by atoms with Crippen molar-refractivity contribution in [3.05, 3.63) is 33.5 Å². The van der Waals surface area contributed by atoms with E-state index >= 15 is 0 Å². The average molecular weight is 276 g/mol. The van der Waals surface area contributed by atoms with Crippen LogP contribution in [-0.2, 0) is 5.75 Å². The molecule has 0 aromatic heterocycles. The zero-order valence-corrected chi connectivity index (χ0v) is 10.2. The van der Waals surface area contributed by atoms with Crippen LogP contribution >= 0.6 is 27.7 Å². The normalized spacial score (nSPS) is 26.0. The fraction of sp³-hybridized carbons (Fsp3) is 0.400. The third-order valence-electron chi connectivity index (χ3n) is 2.58. The number of fused-ring (bicyclic) bond motifs is 1. The smallest absolute Gasteiger partial charge is 0.127 e. The maximum atomic E-state index is 13.5. The Morgan fingerprint density at radius 1 is 1.57 bits per heavy atom. The van der Waals surface area contributed by atoms with E-state index in [0.717, 1.165) is 21.4 Å². The Balaban J connectivity index is 2.58. The molecule has 1 aliphatic heterocycles. The van der Waals surface area contributed by atoms with Crippen LogP contribution in [0.3, 0.4) is 0 Å². The van der Waals surface area contributed by atoms with Crippen LogP contribution in [0.15, 0.2) is 16.6 Å². The summed E-state index contributed by atoms with van der Waals surface area (Å²) in [6.45, 7) is 2.08. The standard InChI is InChI=1S/C10H11BrFNS/c1-5-10(13)9-6(4-14-5)8(12)3-2-7(9)11/h2-3,5,10H,4,13H2,1H3. The highest BCUT2D eigenvalue weighted by Crippen LogP contribution is 2.40. The Kier molecular flexibility index (Phi) is 2.86. The lowest BCUT2D eigenvalue weighted by atomic mass is 9.99. The molecule has 0 amide bonds. The lowest BCUT2D eigenvalue weighted by Gasteiger charge is -2.29. The van der Waals surface area contributed by atoms with E-state index in [1.165, 1.54) is 6.07 Å². The second kappa shape index (κ2) is 3.83. The zero-order chi connectivity index (χ0) is 10.3. The van der Waals surface area contributed by atoms with E-state index < -0.39 is 0 Å². The predicted molar refractivity (Wildman–Crippen MR) is 61.8 cm³/mol. The van der Waals surface area contributed by atoms with Gasteiger partial charge in [0.1, 0.15) is 5.82 Å². The molecule has 0 radical (unpaired) electrons. The SMILES string of the molecule is CC1SCc2c(F)ccc(Br)c2C1N. The van der Waals surface area contributed by atoms with E-state index in [2.05, 4.69) is 22.9 Å². The maximum absolute atomic E-state index is 13.5. The molecule has 2 atom stereocenters. The summed E-state index contributed by atoms with van der Waals surface area (Å²) in [7, 11) is 0. The molecule has 1 aliphatic rings. The van der Waals surface area contributed by atoms with Gasteiger partial charge in [-0.15, -0.1) is 0 Å². The number of hydrogen-bond donors (Lipinski definition) is 1. The van der Waals surface area contributed by atoms with Gasteiger partial charge in [-0.25, -0.2) is 4.39 Å². The Labute approximate surface area is 95.4 Å². The third-order valence-corrected chi connectivity index (χ3v) is 4.54. The van der Waals surface area contributed by atoms with Crippen LogP contribution in [0.25, 0.3) is 0 Å². The first kappa shape index (κ1) is 10.5. The fourth-order valence-electron chi connectivity index (χ4n) is 1.67. The van der Waals surface area contributed by atoms with Gasteiger partial charge in [0.25, 0.3) is 0 Å². The molecule has 1 heterocycles. The molecule has 0 spiro atoms. The van der Waals surface area contributed by atoms with Crippen molar-refractivity contribution in [2.75, 3.05) is 0 Å². The molecule has 2 unspecified atom stereocenters. The minimum absolute atomic E-state index is 0.0752. The summed E-state index contributed by atoms with van der Waals surface area (Å²) >= 11 is 5.13. The average Bonchev–Trinajstić information content (AvgIpc) is 2.16. The largest absolute Gasteiger partial charge is 0.323 e. The van der Waals surface area contributed by atoms with Gasteiger partial charge in [0.2, 0.25) is 0 Å². The van der Waals surface area contributed by atoms with Crippen molar-refractivity contribution in [2.45, 2.75) is 24.0 Å². The number of rotatable bonds is 0. The summed E-state index contributed by atoms with van der Waals surface area (Å²) < 4.78 is 14.4. The van der Waals surface area contributed by atoms with Gasteiger partial charge in [-0.1, -0.05) is 22.9 Å². The van der Waals surface area contributed by atoms with Crippen molar-refractivity contribution in [3.63, 3.8) is 0 Å². The monoisotopic (exact) mass is 275 g/mol. The third kappa shape index (κ3) is 1.59. The first-order valence-corrected chi connectivity index (χ1v) is 6.29. The van der Waals surface area contributed by atoms with Crippen molar-refractivity contribution in [1.29, 1.82) is 0 Å². The number of nitrogens with two attached hydrogens (primary N) is 1. The molecular formula is C10H11BrFNS. The van der Waals surface area contributed by atoms with Crippen LogP contribution < -0.4 is 5.73 Å². The lowest BCUT2D eigenvalue weighted by molar-refractivity contribution is 0.599. The molecule has 1 nitrogen and oxygen atoms in total. The van der Waals surface area contributed by atoms with Crippen LogP contribution in [0.4, 0.5) is 4.39 Å². The minimum Gasteiger partial charge on any atom is -0.323 e. The highest BCUT2D eigenvalue weighted by atomic mass is 79.9. The summed E-state index contributed by atoms with van der Waals surface area (Å²) in [4.78, 5) is 0. The lowest BCUT2D eigenvalue weighted by Crippen LogP contribution is -2.27. The van der Waals surface area contributed by atoms with Gasteiger partial charge in [0.05, 0.1) is 0 Å². The fourth-order valence-corrected chi connectivity index (χ4v) is 3.37. The van der Waals surface area contributed by atoms with Crippen molar-refractivity contribution in [1.82, 2.24) is 0 Å². The molecule has 0 fully saturated rings. The molecule has 4 heteroatoms. The van der Waals surface area contributed by atoms with E-state index in [4.69, 9.17) is 5.73 Å². The molecule has 1 aromatic rings. The summed E-state index contributed by atoms with van der Waals surface area (Å²) in [6.07, 6.45) is 0. The van der Waals surface area contributed by atoms with E-state index in [-0.39, 0.29) is 11.9 Å². The van der Waals surface area contributed by atoms with Crippen LogP contribution in [0.2, 0.25) is 0 Å². The van der Waals surface area contributed by atoms with Gasteiger partial charge < -0.3 is 5.73 Å². The maximum Gasteiger partial charge on any atom is 0.127 e. The van der Waals surface area contributed by atoms with Crippen LogP contribution in [0.5, 0.6) is 0 Å². The number of hydrogen-bond acceptors (Lipinski definition) is 2. The molecule has 14 heavy (non-hydrogen) atoms. The van der Waals surface area contributed by atoms with Gasteiger partial charge in [-0.2, -0.15) is 11.8 Å². The summed E-state index contributed by atoms with van der Waals surface area (Å²) in [6, 6.07) is 3.15. The second-order valence-corrected chi connectivity index (χ2v) is 5.68. The first-order valence-electron chi connectivity index (χ1n) is 4.45. The number of benzene rings is 1. The Hall–Kier alpha value is -0.0600. The molecule has 76 valence electrons. The van der Waals surface area contributed by atoms with Crippen LogP contribution in [0, 0.1) is 5.82 Å². The molecule has 1 aromatic carbocycles. The van der Waals surface area contributed by atoms with Crippen molar-refractivity contribution < 1.29 is 4.39 Å². The molecule has 0 saturated carbocycles. The molecular weight excluding hydrogens is 265 g/mol. The van der Waals surface area contributed by atoms with E-state index in [1.54, 1.807) is 17.8 Å². The first-order chi connectivity index (χ1) is 6.61.